The van der Waals surface area contributed by atoms with Crippen LogP contribution in [-0.2, 0) is 18.6 Å². The molecule has 0 aromatic heterocycles. The van der Waals surface area contributed by atoms with Crippen LogP contribution < -0.4 is 26.4 Å². The monoisotopic (exact) mass is 516 g/mol. The topological polar surface area (TPSA) is 88.4 Å². The predicted molar refractivity (Wildman–Crippen MR) is 138 cm³/mol. The van der Waals surface area contributed by atoms with Crippen LogP contribution >= 0.6 is 0 Å². The van der Waals surface area contributed by atoms with Crippen LogP contribution in [0.1, 0.15) is 49.4 Å². The minimum atomic E-state index is -1.34. The summed E-state index contributed by atoms with van der Waals surface area (Å²) in [6.07, 6.45) is 3.42. The van der Waals surface area contributed by atoms with Crippen molar-refractivity contribution in [3.8, 4) is 5.75 Å². The molecule has 3 rings (SSSR count). The predicted octanol–water partition coefficient (Wildman–Crippen LogP) is 6.87. The summed E-state index contributed by atoms with van der Waals surface area (Å²) in [5.41, 5.74) is 6.66. The first-order valence-corrected chi connectivity index (χ1v) is 10.7. The van der Waals surface area contributed by atoms with E-state index in [4.69, 9.17) is 10.5 Å². The zero-order valence-corrected chi connectivity index (χ0v) is 21.3. The summed E-state index contributed by atoms with van der Waals surface area (Å²) in [6.45, 7) is 7.05. The fourth-order valence-electron chi connectivity index (χ4n) is 3.19. The molecule has 0 atom stereocenters. The second kappa shape index (κ2) is 12.7. The van der Waals surface area contributed by atoms with Gasteiger partial charge in [0, 0.05) is 64.3 Å². The van der Waals surface area contributed by atoms with Gasteiger partial charge in [-0.25, -0.2) is 13.6 Å². The third-order valence-electron chi connectivity index (χ3n) is 5.19. The van der Waals surface area contributed by atoms with Crippen molar-refractivity contribution in [2.24, 2.45) is 0 Å². The first kappa shape index (κ1) is 29.3. The molecule has 2 aromatic rings. The minimum Gasteiger partial charge on any atom is -0.490 e. The number of nitrogens with two attached hydrogens (primary N) is 1. The van der Waals surface area contributed by atoms with Crippen LogP contribution in [0.25, 0.3) is 5.70 Å². The van der Waals surface area contributed by atoms with E-state index in [-0.39, 0.29) is 60.6 Å². The number of carbonyl (C=O) groups is 1. The summed E-state index contributed by atoms with van der Waals surface area (Å²) in [4.78, 5) is 11.9. The molecule has 191 valence electrons. The maximum absolute atomic E-state index is 14.7. The van der Waals surface area contributed by atoms with Gasteiger partial charge in [0.1, 0.15) is 17.2 Å². The molecule has 0 spiro atoms. The van der Waals surface area contributed by atoms with E-state index in [1.54, 1.807) is 30.3 Å². The second-order valence-corrected chi connectivity index (χ2v) is 8.57. The first-order valence-electron chi connectivity index (χ1n) is 10.7. The molecule has 34 heavy (non-hydrogen) atoms. The van der Waals surface area contributed by atoms with Gasteiger partial charge >= 0.3 is 6.03 Å². The van der Waals surface area contributed by atoms with E-state index in [0.717, 1.165) is 19.3 Å². The Bertz CT molecular complexity index is 966. The van der Waals surface area contributed by atoms with Gasteiger partial charge in [-0.2, -0.15) is 0 Å². The number of halogens is 2. The molecule has 1 aliphatic carbocycles. The number of carbonyl (C=O) groups excluding carboxylic acids is 1. The van der Waals surface area contributed by atoms with Crippen molar-refractivity contribution in [2.45, 2.75) is 51.3 Å². The molecule has 2 aromatic carbocycles. The first-order chi connectivity index (χ1) is 15.1. The van der Waals surface area contributed by atoms with E-state index >= 15 is 0 Å². The molecule has 1 saturated carbocycles. The quantitative estimate of drug-likeness (QED) is 0.216. The molecule has 0 saturated heterocycles. The van der Waals surface area contributed by atoms with Crippen molar-refractivity contribution in [2.75, 3.05) is 22.9 Å². The summed E-state index contributed by atoms with van der Waals surface area (Å²) in [5, 5.41) is 8.31. The number of hydrogen-bond acceptors (Lipinski definition) is 4. The Balaban J connectivity index is -0.00000231. The largest absolute Gasteiger partial charge is 0.490 e. The fraction of sp³-hybridized carbons (Fsp3) is 0.360. The van der Waals surface area contributed by atoms with Crippen LogP contribution in [0.15, 0.2) is 43.0 Å². The molecule has 0 bridgehead atoms. The van der Waals surface area contributed by atoms with Gasteiger partial charge in [0.25, 0.3) is 0 Å². The fourth-order valence-corrected chi connectivity index (χ4v) is 3.19. The smallest absolute Gasteiger partial charge is 0.319 e. The molecule has 0 aliphatic heterocycles. The van der Waals surface area contributed by atoms with Gasteiger partial charge < -0.3 is 33.8 Å². The zero-order valence-electron chi connectivity index (χ0n) is 19.9. The van der Waals surface area contributed by atoms with Gasteiger partial charge in [-0.05, 0) is 63.8 Å². The number of rotatable bonds is 9. The molecule has 5 N–H and O–H groups in total. The molecular weight excluding hydrogens is 477 g/mol. The summed E-state index contributed by atoms with van der Waals surface area (Å²) in [7, 11) is 0. The maximum Gasteiger partial charge on any atom is 0.319 e. The van der Waals surface area contributed by atoms with Gasteiger partial charge in [0.2, 0.25) is 0 Å². The van der Waals surface area contributed by atoms with Crippen LogP contribution in [0.4, 0.5) is 30.6 Å². The van der Waals surface area contributed by atoms with E-state index < -0.39 is 17.5 Å². The molecule has 1 fully saturated rings. The number of amides is 2. The van der Waals surface area contributed by atoms with Crippen molar-refractivity contribution in [1.29, 1.82) is 0 Å². The maximum atomic E-state index is 14.7. The number of benzene rings is 2. The molecule has 6 nitrogen and oxygen atoms in total. The van der Waals surface area contributed by atoms with Crippen molar-refractivity contribution in [3.63, 3.8) is 0 Å². The minimum absolute atomic E-state index is 0. The standard InChI is InChI=1S/C24H30F2N4O2.CH3.V.3H2/c1-15(22-20(25)13-19(14-21(22)27)32-18-5-4-6-18)29-16-7-9-17(10-8-16)30-23(31)28-12-11-24(2,3)26;;;;;/h7-10,13-14,18,29H,1,4-6,11-12,27H2,2-3H3,(H2,28,30,31);1H3;;3*1H/q;-1;;;;. The molecule has 1 radical (unpaired) electrons. The third-order valence-corrected chi connectivity index (χ3v) is 5.19. The number of nitrogen functional groups attached to an aromatic ring is 1. The Labute approximate surface area is 217 Å². The number of ether oxygens (including phenoxy) is 1. The van der Waals surface area contributed by atoms with Crippen LogP contribution in [-0.4, -0.2) is 24.3 Å². The van der Waals surface area contributed by atoms with Gasteiger partial charge in [0.15, 0.2) is 0 Å². The average Bonchev–Trinajstić information content (AvgIpc) is 2.65. The molecule has 2 amide bonds. The molecule has 9 heteroatoms. The van der Waals surface area contributed by atoms with Crippen molar-refractivity contribution in [3.05, 3.63) is 61.8 Å². The molecule has 1 aliphatic rings. The Hall–Kier alpha value is -2.71. The van der Waals surface area contributed by atoms with Crippen LogP contribution in [0.3, 0.4) is 0 Å². The average molecular weight is 517 g/mol. The SMILES string of the molecule is C=C(Nc1ccc(NC(=O)NCCC(C)(C)F)cc1)c1c(N)cc(OC2CCC2)cc1F.[CH3-].[HH].[HH].[HH].[V]. The van der Waals surface area contributed by atoms with Gasteiger partial charge in [0.05, 0.1) is 11.7 Å². The second-order valence-electron chi connectivity index (χ2n) is 8.57. The van der Waals surface area contributed by atoms with E-state index in [9.17, 15) is 13.6 Å². The van der Waals surface area contributed by atoms with Gasteiger partial charge in [-0.1, -0.05) is 6.58 Å². The Morgan fingerprint density at radius 1 is 1.21 bits per heavy atom. The zero-order chi connectivity index (χ0) is 23.3. The van der Waals surface area contributed by atoms with Crippen molar-refractivity contribution >= 4 is 28.8 Å². The summed E-state index contributed by atoms with van der Waals surface area (Å²) < 4.78 is 33.9. The van der Waals surface area contributed by atoms with Gasteiger partial charge in [-0.15, -0.1) is 0 Å². The Kier molecular flexibility index (Phi) is 10.9. The number of alkyl halides is 1. The van der Waals surface area contributed by atoms with Crippen LogP contribution in [0.2, 0.25) is 0 Å². The molecular formula is C25H39F2N4O2V-. The normalized spacial score (nSPS) is 12.9. The van der Waals surface area contributed by atoms with E-state index in [0.29, 0.717) is 22.8 Å². The van der Waals surface area contributed by atoms with E-state index in [1.165, 1.54) is 19.9 Å². The Morgan fingerprint density at radius 3 is 2.29 bits per heavy atom. The molecule has 0 heterocycles. The molecule has 0 unspecified atom stereocenters. The summed E-state index contributed by atoms with van der Waals surface area (Å²) in [5.74, 6) is -0.0896. The van der Waals surface area contributed by atoms with Crippen LogP contribution in [0, 0.1) is 13.2 Å². The van der Waals surface area contributed by atoms with Crippen LogP contribution in [0.5, 0.6) is 5.75 Å². The summed E-state index contributed by atoms with van der Waals surface area (Å²) in [6, 6.07) is 9.32. The number of urea groups is 1. The van der Waals surface area contributed by atoms with E-state index in [1.807, 2.05) is 0 Å². The Morgan fingerprint density at radius 2 is 1.79 bits per heavy atom. The number of anilines is 3. The van der Waals surface area contributed by atoms with E-state index in [2.05, 4.69) is 22.5 Å². The van der Waals surface area contributed by atoms with Crippen molar-refractivity contribution < 1.29 is 41.1 Å². The number of nitrogens with one attached hydrogen (secondary N) is 3. The summed E-state index contributed by atoms with van der Waals surface area (Å²) >= 11 is 0. The van der Waals surface area contributed by atoms with Crippen molar-refractivity contribution in [1.82, 2.24) is 5.32 Å². The van der Waals surface area contributed by atoms with Gasteiger partial charge in [-0.3, -0.25) is 0 Å². The third kappa shape index (κ3) is 8.58. The number of hydrogen-bond donors (Lipinski definition) is 4.